The van der Waals surface area contributed by atoms with Gasteiger partial charge in [0.1, 0.15) is 24.7 Å². The van der Waals surface area contributed by atoms with Crippen molar-refractivity contribution in [3.05, 3.63) is 76.3 Å². The van der Waals surface area contributed by atoms with E-state index in [4.69, 9.17) is 19.0 Å². The maximum Gasteiger partial charge on any atom is 0.161 e. The summed E-state index contributed by atoms with van der Waals surface area (Å²) in [4.78, 5) is 11.6. The van der Waals surface area contributed by atoms with Crippen molar-refractivity contribution in [2.75, 3.05) is 41.5 Å². The Balaban J connectivity index is 1.57. The molecule has 1 heterocycles. The van der Waals surface area contributed by atoms with E-state index in [1.165, 1.54) is 11.1 Å². The average molecular weight is 500 g/mol. The molecule has 1 aliphatic carbocycles. The third kappa shape index (κ3) is 4.87. The van der Waals surface area contributed by atoms with Crippen LogP contribution in [0.2, 0.25) is 0 Å². The van der Waals surface area contributed by atoms with Crippen molar-refractivity contribution in [3.63, 3.8) is 0 Å². The number of fused-ring (bicyclic) bond motifs is 5. The second-order valence-corrected chi connectivity index (χ2v) is 9.70. The molecule has 0 bridgehead atoms. The van der Waals surface area contributed by atoms with Crippen molar-refractivity contribution in [1.82, 2.24) is 9.88 Å². The van der Waals surface area contributed by atoms with Gasteiger partial charge in [-0.15, -0.1) is 0 Å². The van der Waals surface area contributed by atoms with Crippen molar-refractivity contribution in [2.45, 2.75) is 20.5 Å². The second-order valence-electron chi connectivity index (χ2n) is 9.70. The summed E-state index contributed by atoms with van der Waals surface area (Å²) in [6.45, 7) is 6.01. The fourth-order valence-corrected chi connectivity index (χ4v) is 4.89. The number of aryl methyl sites for hydroxylation is 2. The Bertz CT molecular complexity index is 1470. The summed E-state index contributed by atoms with van der Waals surface area (Å²) in [5.74, 6) is 2.12. The summed E-state index contributed by atoms with van der Waals surface area (Å²) in [6.07, 6.45) is 0. The first-order valence-corrected chi connectivity index (χ1v) is 12.4. The van der Waals surface area contributed by atoms with Gasteiger partial charge in [-0.2, -0.15) is 0 Å². The fourth-order valence-electron chi connectivity index (χ4n) is 4.89. The van der Waals surface area contributed by atoms with E-state index in [2.05, 4.69) is 53.2 Å². The maximum absolute atomic E-state index is 6.03. The van der Waals surface area contributed by atoms with Crippen LogP contribution in [0.15, 0.2) is 53.7 Å². The molecule has 0 saturated heterocycles. The van der Waals surface area contributed by atoms with E-state index in [1.807, 2.05) is 38.4 Å². The first-order valence-electron chi connectivity index (χ1n) is 12.4. The van der Waals surface area contributed by atoms with Gasteiger partial charge in [-0.25, -0.2) is 0 Å². The van der Waals surface area contributed by atoms with Crippen molar-refractivity contribution in [1.29, 1.82) is 0 Å². The van der Waals surface area contributed by atoms with Crippen LogP contribution in [0.4, 0.5) is 0 Å². The fraction of sp³-hybridized carbons (Fsp3) is 0.300. The van der Waals surface area contributed by atoms with Gasteiger partial charge in [0.2, 0.25) is 0 Å². The standard InChI is InChI=1S/C30H33N3O4/c1-18-11-19(2)13-20(12-18)17-37-32-30-23-16-27(35-6)26(34-5)15-22(23)29-28(30)24-14-21(7-8-25(24)31-29)36-10-9-33(3)4/h7-8,11-16,31H,9-10,17H2,1-6H3/b32-30-. The number of likely N-dealkylation sites (N-methyl/N-ethyl adjacent to an activating group) is 1. The highest BCUT2D eigenvalue weighted by Gasteiger charge is 2.32. The lowest BCUT2D eigenvalue weighted by Crippen LogP contribution is -2.19. The molecule has 0 unspecified atom stereocenters. The van der Waals surface area contributed by atoms with Crippen molar-refractivity contribution >= 4 is 16.6 Å². The van der Waals surface area contributed by atoms with Gasteiger partial charge in [0.05, 0.1) is 19.9 Å². The molecule has 4 aromatic rings. The molecule has 1 aliphatic rings. The largest absolute Gasteiger partial charge is 0.493 e. The summed E-state index contributed by atoms with van der Waals surface area (Å²) in [5.41, 5.74) is 9.14. The number of nitrogens with one attached hydrogen (secondary N) is 1. The van der Waals surface area contributed by atoms with E-state index in [1.54, 1.807) is 14.2 Å². The zero-order valence-corrected chi connectivity index (χ0v) is 22.3. The number of benzene rings is 3. The SMILES string of the molecule is COc1cc2c(cc1OC)-c1[nH]c3ccc(OCCN(C)C)cc3c1/C2=N\OCc1cc(C)cc(C)c1. The molecule has 0 radical (unpaired) electrons. The molecule has 0 atom stereocenters. The van der Waals surface area contributed by atoms with Crippen LogP contribution >= 0.6 is 0 Å². The molecular weight excluding hydrogens is 466 g/mol. The van der Waals surface area contributed by atoms with Gasteiger partial charge < -0.3 is 28.9 Å². The highest BCUT2D eigenvalue weighted by atomic mass is 16.6. The number of hydrogen-bond donors (Lipinski definition) is 1. The third-order valence-corrected chi connectivity index (χ3v) is 6.53. The Labute approximate surface area is 217 Å². The molecular formula is C30H33N3O4. The number of ether oxygens (including phenoxy) is 3. The number of rotatable bonds is 9. The van der Waals surface area contributed by atoms with Crippen LogP contribution in [-0.4, -0.2) is 57.1 Å². The number of hydrogen-bond acceptors (Lipinski definition) is 6. The molecule has 1 N–H and O–H groups in total. The minimum absolute atomic E-state index is 0.380. The molecule has 3 aromatic carbocycles. The molecule has 0 spiro atoms. The minimum atomic E-state index is 0.380. The predicted molar refractivity (Wildman–Crippen MR) is 147 cm³/mol. The Morgan fingerprint density at radius 1 is 0.865 bits per heavy atom. The number of aromatic nitrogens is 1. The number of nitrogens with zero attached hydrogens (tertiary/aromatic N) is 2. The monoisotopic (exact) mass is 499 g/mol. The first kappa shape index (κ1) is 24.7. The Hall–Kier alpha value is -3.97. The van der Waals surface area contributed by atoms with E-state index in [0.29, 0.717) is 24.7 Å². The summed E-state index contributed by atoms with van der Waals surface area (Å²) >= 11 is 0. The van der Waals surface area contributed by atoms with Crippen LogP contribution in [0.25, 0.3) is 22.2 Å². The quantitative estimate of drug-likeness (QED) is 0.264. The van der Waals surface area contributed by atoms with Crippen molar-refractivity contribution < 1.29 is 19.0 Å². The first-order chi connectivity index (χ1) is 17.9. The molecule has 0 aliphatic heterocycles. The Morgan fingerprint density at radius 3 is 2.24 bits per heavy atom. The summed E-state index contributed by atoms with van der Waals surface area (Å²) in [7, 11) is 7.35. The summed E-state index contributed by atoms with van der Waals surface area (Å²) < 4.78 is 17.2. The molecule has 7 heteroatoms. The summed E-state index contributed by atoms with van der Waals surface area (Å²) in [5, 5.41) is 5.71. The van der Waals surface area contributed by atoms with Gasteiger partial charge in [-0.1, -0.05) is 34.5 Å². The third-order valence-electron chi connectivity index (χ3n) is 6.53. The topological polar surface area (TPSA) is 68.3 Å². The highest BCUT2D eigenvalue weighted by molar-refractivity contribution is 6.30. The van der Waals surface area contributed by atoms with Gasteiger partial charge in [0.15, 0.2) is 11.5 Å². The van der Waals surface area contributed by atoms with E-state index >= 15 is 0 Å². The molecule has 0 fully saturated rings. The molecule has 5 rings (SSSR count). The van der Waals surface area contributed by atoms with Gasteiger partial charge in [-0.05, 0) is 63.8 Å². The lowest BCUT2D eigenvalue weighted by atomic mass is 10.1. The highest BCUT2D eigenvalue weighted by Crippen LogP contribution is 2.46. The number of H-pyrrole nitrogens is 1. The summed E-state index contributed by atoms with van der Waals surface area (Å²) in [6, 6.07) is 16.5. The van der Waals surface area contributed by atoms with Crippen LogP contribution < -0.4 is 14.2 Å². The Kier molecular flexibility index (Phi) is 6.80. The van der Waals surface area contributed by atoms with Crippen molar-refractivity contribution in [2.24, 2.45) is 5.16 Å². The van der Waals surface area contributed by atoms with Crippen LogP contribution in [-0.2, 0) is 11.4 Å². The molecule has 0 saturated carbocycles. The van der Waals surface area contributed by atoms with Gasteiger partial charge in [0, 0.05) is 34.1 Å². The molecule has 1 aromatic heterocycles. The smallest absolute Gasteiger partial charge is 0.161 e. The molecule has 192 valence electrons. The van der Waals surface area contributed by atoms with Crippen LogP contribution in [0.1, 0.15) is 27.8 Å². The second kappa shape index (κ2) is 10.2. The van der Waals surface area contributed by atoms with Crippen LogP contribution in [0.5, 0.6) is 17.2 Å². The van der Waals surface area contributed by atoms with E-state index < -0.39 is 0 Å². The Morgan fingerprint density at radius 2 is 1.57 bits per heavy atom. The van der Waals surface area contributed by atoms with Gasteiger partial charge in [0.25, 0.3) is 0 Å². The number of methoxy groups -OCH3 is 2. The molecule has 37 heavy (non-hydrogen) atoms. The van der Waals surface area contributed by atoms with Crippen LogP contribution in [0.3, 0.4) is 0 Å². The molecule has 0 amide bonds. The lowest BCUT2D eigenvalue weighted by Gasteiger charge is -2.12. The normalized spacial score (nSPS) is 13.2. The van der Waals surface area contributed by atoms with E-state index in [-0.39, 0.29) is 0 Å². The number of oxime groups is 1. The van der Waals surface area contributed by atoms with E-state index in [9.17, 15) is 0 Å². The minimum Gasteiger partial charge on any atom is -0.493 e. The van der Waals surface area contributed by atoms with E-state index in [0.717, 1.165) is 56.9 Å². The number of aromatic amines is 1. The van der Waals surface area contributed by atoms with Gasteiger partial charge in [-0.3, -0.25) is 0 Å². The predicted octanol–water partition coefficient (Wildman–Crippen LogP) is 5.69. The lowest BCUT2D eigenvalue weighted by molar-refractivity contribution is 0.131. The van der Waals surface area contributed by atoms with Crippen LogP contribution in [0, 0.1) is 13.8 Å². The maximum atomic E-state index is 6.03. The zero-order valence-electron chi connectivity index (χ0n) is 22.3. The average Bonchev–Trinajstić information content (AvgIpc) is 3.37. The van der Waals surface area contributed by atoms with Gasteiger partial charge >= 0.3 is 0 Å². The molecule has 7 nitrogen and oxygen atoms in total. The zero-order chi connectivity index (χ0) is 26.1. The van der Waals surface area contributed by atoms with Crippen molar-refractivity contribution in [3.8, 4) is 28.5 Å².